The first-order chi connectivity index (χ1) is 9.85. The molecule has 0 atom stereocenters. The van der Waals surface area contributed by atoms with Crippen LogP contribution in [-0.2, 0) is 6.42 Å². The maximum Gasteiger partial charge on any atom is 0.262 e. The summed E-state index contributed by atoms with van der Waals surface area (Å²) in [5.74, 6) is 1.78. The number of pyridine rings is 1. The number of nitrogens with zero attached hydrogens (tertiary/aromatic N) is 1. The van der Waals surface area contributed by atoms with Crippen LogP contribution in [-0.4, -0.2) is 23.3 Å². The monoisotopic (exact) mass is 273 g/mol. The highest BCUT2D eigenvalue weighted by Gasteiger charge is 2.09. The van der Waals surface area contributed by atoms with Gasteiger partial charge in [-0.2, -0.15) is 0 Å². The fourth-order valence-electron chi connectivity index (χ4n) is 1.81. The van der Waals surface area contributed by atoms with Gasteiger partial charge in [0.25, 0.3) is 5.88 Å². The van der Waals surface area contributed by atoms with E-state index >= 15 is 0 Å². The van der Waals surface area contributed by atoms with E-state index in [1.165, 1.54) is 0 Å². The lowest BCUT2D eigenvalue weighted by Crippen LogP contribution is -2.00. The van der Waals surface area contributed by atoms with Crippen molar-refractivity contribution in [3.8, 4) is 17.4 Å². The van der Waals surface area contributed by atoms with Crippen LogP contribution in [0.1, 0.15) is 18.9 Å². The number of hydrogen-bond acceptors (Lipinski definition) is 4. The zero-order chi connectivity index (χ0) is 14.2. The van der Waals surface area contributed by atoms with Gasteiger partial charge in [0.2, 0.25) is 0 Å². The van der Waals surface area contributed by atoms with Gasteiger partial charge >= 0.3 is 0 Å². The third-order valence-electron chi connectivity index (χ3n) is 2.76. The van der Waals surface area contributed by atoms with Gasteiger partial charge in [-0.3, -0.25) is 0 Å². The topological polar surface area (TPSA) is 51.6 Å². The summed E-state index contributed by atoms with van der Waals surface area (Å²) >= 11 is 0. The maximum absolute atomic E-state index is 9.09. The molecule has 0 unspecified atom stereocenters. The van der Waals surface area contributed by atoms with Gasteiger partial charge in [0, 0.05) is 12.8 Å². The molecule has 1 aromatic heterocycles. The minimum absolute atomic E-state index is 0.0851. The molecule has 1 aromatic carbocycles. The minimum Gasteiger partial charge on any atom is -0.488 e. The fourth-order valence-corrected chi connectivity index (χ4v) is 1.81. The van der Waals surface area contributed by atoms with E-state index < -0.39 is 0 Å². The standard InChI is InChI=1S/C16H19NO3/c1-2-12-19-15-8-5-10-17-16(15)20-14-7-4-3-6-13(14)9-11-18/h3-8,10,18H,2,9,11-12H2,1H3. The normalized spacial score (nSPS) is 10.3. The highest BCUT2D eigenvalue weighted by Crippen LogP contribution is 2.31. The van der Waals surface area contributed by atoms with Gasteiger partial charge in [-0.25, -0.2) is 4.98 Å². The maximum atomic E-state index is 9.09. The lowest BCUT2D eigenvalue weighted by Gasteiger charge is -2.13. The van der Waals surface area contributed by atoms with Crippen molar-refractivity contribution in [2.45, 2.75) is 19.8 Å². The largest absolute Gasteiger partial charge is 0.488 e. The Kier molecular flexibility index (Phi) is 5.38. The molecule has 0 saturated heterocycles. The number of aliphatic hydroxyl groups is 1. The lowest BCUT2D eigenvalue weighted by atomic mass is 10.1. The molecule has 20 heavy (non-hydrogen) atoms. The van der Waals surface area contributed by atoms with E-state index in [0.29, 0.717) is 30.4 Å². The van der Waals surface area contributed by atoms with Gasteiger partial charge in [0.15, 0.2) is 5.75 Å². The summed E-state index contributed by atoms with van der Waals surface area (Å²) < 4.78 is 11.5. The first-order valence-electron chi connectivity index (χ1n) is 6.79. The van der Waals surface area contributed by atoms with Crippen molar-refractivity contribution >= 4 is 0 Å². The van der Waals surface area contributed by atoms with Crippen LogP contribution in [0.4, 0.5) is 0 Å². The minimum atomic E-state index is 0.0851. The summed E-state index contributed by atoms with van der Waals surface area (Å²) in [6.07, 6.45) is 3.15. The molecule has 106 valence electrons. The van der Waals surface area contributed by atoms with Crippen LogP contribution in [0.5, 0.6) is 17.4 Å². The molecule has 0 amide bonds. The zero-order valence-electron chi connectivity index (χ0n) is 11.6. The molecule has 0 aliphatic rings. The van der Waals surface area contributed by atoms with Gasteiger partial charge in [-0.15, -0.1) is 0 Å². The van der Waals surface area contributed by atoms with E-state index in [-0.39, 0.29) is 6.61 Å². The summed E-state index contributed by atoms with van der Waals surface area (Å²) in [7, 11) is 0. The van der Waals surface area contributed by atoms with Crippen LogP contribution in [0.3, 0.4) is 0 Å². The van der Waals surface area contributed by atoms with Gasteiger partial charge < -0.3 is 14.6 Å². The zero-order valence-corrected chi connectivity index (χ0v) is 11.6. The predicted octanol–water partition coefficient (Wildman–Crippen LogP) is 3.20. The van der Waals surface area contributed by atoms with E-state index in [1.54, 1.807) is 6.20 Å². The predicted molar refractivity (Wildman–Crippen MR) is 77.3 cm³/mol. The third-order valence-corrected chi connectivity index (χ3v) is 2.76. The molecule has 2 aromatic rings. The van der Waals surface area contributed by atoms with Gasteiger partial charge in [-0.1, -0.05) is 25.1 Å². The van der Waals surface area contributed by atoms with Crippen molar-refractivity contribution in [3.05, 3.63) is 48.2 Å². The molecular weight excluding hydrogens is 254 g/mol. The summed E-state index contributed by atoms with van der Waals surface area (Å²) in [5, 5.41) is 9.09. The first kappa shape index (κ1) is 14.3. The molecule has 0 fully saturated rings. The number of rotatable bonds is 7. The lowest BCUT2D eigenvalue weighted by molar-refractivity contribution is 0.292. The number of para-hydroxylation sites is 1. The average Bonchev–Trinajstić information content (AvgIpc) is 2.49. The Bertz CT molecular complexity index is 543. The summed E-state index contributed by atoms with van der Waals surface area (Å²) in [6, 6.07) is 11.3. The third kappa shape index (κ3) is 3.71. The van der Waals surface area contributed by atoms with Crippen molar-refractivity contribution in [1.29, 1.82) is 0 Å². The smallest absolute Gasteiger partial charge is 0.262 e. The second-order valence-corrected chi connectivity index (χ2v) is 4.34. The van der Waals surface area contributed by atoms with Crippen molar-refractivity contribution in [1.82, 2.24) is 4.98 Å². The van der Waals surface area contributed by atoms with E-state index in [4.69, 9.17) is 14.6 Å². The van der Waals surface area contributed by atoms with Crippen LogP contribution in [0.2, 0.25) is 0 Å². The Balaban J connectivity index is 2.21. The number of hydrogen-bond donors (Lipinski definition) is 1. The van der Waals surface area contributed by atoms with Gasteiger partial charge in [0.05, 0.1) is 6.61 Å². The second kappa shape index (κ2) is 7.50. The molecule has 4 heteroatoms. The number of benzene rings is 1. The number of aliphatic hydroxyl groups excluding tert-OH is 1. The average molecular weight is 273 g/mol. The van der Waals surface area contributed by atoms with E-state index in [0.717, 1.165) is 12.0 Å². The molecule has 0 radical (unpaired) electrons. The molecule has 0 saturated carbocycles. The summed E-state index contributed by atoms with van der Waals surface area (Å²) in [6.45, 7) is 2.76. The Hall–Kier alpha value is -2.07. The Morgan fingerprint density at radius 3 is 2.70 bits per heavy atom. The molecular formula is C16H19NO3. The number of ether oxygens (including phenoxy) is 2. The summed E-state index contributed by atoms with van der Waals surface area (Å²) in [5.41, 5.74) is 0.946. The Morgan fingerprint density at radius 2 is 1.90 bits per heavy atom. The molecule has 2 rings (SSSR count). The molecule has 1 N–H and O–H groups in total. The summed E-state index contributed by atoms with van der Waals surface area (Å²) in [4.78, 5) is 4.22. The molecule has 0 bridgehead atoms. The second-order valence-electron chi connectivity index (χ2n) is 4.34. The van der Waals surface area contributed by atoms with E-state index in [9.17, 15) is 0 Å². The van der Waals surface area contributed by atoms with Gasteiger partial charge in [0.1, 0.15) is 5.75 Å². The molecule has 0 aliphatic heterocycles. The van der Waals surface area contributed by atoms with Crippen LogP contribution < -0.4 is 9.47 Å². The van der Waals surface area contributed by atoms with E-state index in [2.05, 4.69) is 4.98 Å². The molecule has 1 heterocycles. The molecule has 0 spiro atoms. The fraction of sp³-hybridized carbons (Fsp3) is 0.312. The molecule has 0 aliphatic carbocycles. The first-order valence-corrected chi connectivity index (χ1v) is 6.79. The Labute approximate surface area is 119 Å². The van der Waals surface area contributed by atoms with Crippen molar-refractivity contribution < 1.29 is 14.6 Å². The number of aromatic nitrogens is 1. The van der Waals surface area contributed by atoms with Crippen molar-refractivity contribution in [2.75, 3.05) is 13.2 Å². The van der Waals surface area contributed by atoms with Crippen LogP contribution in [0, 0.1) is 0 Å². The van der Waals surface area contributed by atoms with Gasteiger partial charge in [-0.05, 0) is 36.6 Å². The highest BCUT2D eigenvalue weighted by molar-refractivity contribution is 5.40. The van der Waals surface area contributed by atoms with E-state index in [1.807, 2.05) is 43.3 Å². The highest BCUT2D eigenvalue weighted by atomic mass is 16.5. The Morgan fingerprint density at radius 1 is 1.10 bits per heavy atom. The van der Waals surface area contributed by atoms with Crippen molar-refractivity contribution in [3.63, 3.8) is 0 Å². The quantitative estimate of drug-likeness (QED) is 0.841. The SMILES string of the molecule is CCCOc1cccnc1Oc1ccccc1CCO. The van der Waals surface area contributed by atoms with Crippen LogP contribution >= 0.6 is 0 Å². The van der Waals surface area contributed by atoms with Crippen LogP contribution in [0.25, 0.3) is 0 Å². The van der Waals surface area contributed by atoms with Crippen LogP contribution in [0.15, 0.2) is 42.6 Å². The molecule has 4 nitrogen and oxygen atoms in total. The van der Waals surface area contributed by atoms with Crippen molar-refractivity contribution in [2.24, 2.45) is 0 Å².